The van der Waals surface area contributed by atoms with Crippen LogP contribution in [-0.2, 0) is 4.79 Å². The SMILES string of the molecule is CC(C)=CC(=O)Nc1ccccc1-n1ccnn1. The topological polar surface area (TPSA) is 59.8 Å². The predicted octanol–water partition coefficient (Wildman–Crippen LogP) is 2.17. The van der Waals surface area contributed by atoms with Gasteiger partial charge in [0.05, 0.1) is 23.8 Å². The molecule has 0 aliphatic heterocycles. The third-order valence-electron chi connectivity index (χ3n) is 2.25. The Hall–Kier alpha value is -2.43. The van der Waals surface area contributed by atoms with Gasteiger partial charge < -0.3 is 5.32 Å². The van der Waals surface area contributed by atoms with Crippen LogP contribution in [0.15, 0.2) is 48.3 Å². The first-order valence-electron chi connectivity index (χ1n) is 5.58. The van der Waals surface area contributed by atoms with Crippen molar-refractivity contribution in [1.82, 2.24) is 15.0 Å². The molecule has 0 aliphatic rings. The van der Waals surface area contributed by atoms with Crippen molar-refractivity contribution in [3.8, 4) is 5.69 Å². The van der Waals surface area contributed by atoms with Gasteiger partial charge in [-0.25, -0.2) is 4.68 Å². The molecule has 1 amide bonds. The van der Waals surface area contributed by atoms with Crippen LogP contribution in [0.4, 0.5) is 5.69 Å². The highest BCUT2D eigenvalue weighted by atomic mass is 16.1. The maximum atomic E-state index is 11.7. The molecule has 1 aromatic heterocycles. The summed E-state index contributed by atoms with van der Waals surface area (Å²) in [4.78, 5) is 11.7. The van der Waals surface area contributed by atoms with E-state index in [1.54, 1.807) is 23.2 Å². The molecule has 0 atom stereocenters. The minimum Gasteiger partial charge on any atom is -0.321 e. The van der Waals surface area contributed by atoms with Gasteiger partial charge >= 0.3 is 0 Å². The molecule has 1 heterocycles. The monoisotopic (exact) mass is 242 g/mol. The van der Waals surface area contributed by atoms with Crippen molar-refractivity contribution in [3.05, 3.63) is 48.3 Å². The van der Waals surface area contributed by atoms with Crippen LogP contribution in [0.3, 0.4) is 0 Å². The summed E-state index contributed by atoms with van der Waals surface area (Å²) in [7, 11) is 0. The van der Waals surface area contributed by atoms with Gasteiger partial charge in [0.2, 0.25) is 5.91 Å². The Morgan fingerprint density at radius 2 is 2.11 bits per heavy atom. The van der Waals surface area contributed by atoms with Crippen LogP contribution >= 0.6 is 0 Å². The Kier molecular flexibility index (Phi) is 3.52. The smallest absolute Gasteiger partial charge is 0.248 e. The quantitative estimate of drug-likeness (QED) is 0.839. The molecule has 92 valence electrons. The van der Waals surface area contributed by atoms with Gasteiger partial charge in [-0.1, -0.05) is 22.9 Å². The van der Waals surface area contributed by atoms with Crippen LogP contribution in [0, 0.1) is 0 Å². The lowest BCUT2D eigenvalue weighted by Gasteiger charge is -2.09. The minimum atomic E-state index is -0.150. The summed E-state index contributed by atoms with van der Waals surface area (Å²) < 4.78 is 1.61. The number of carbonyl (C=O) groups excluding carboxylic acids is 1. The second-order valence-electron chi connectivity index (χ2n) is 4.08. The molecule has 0 spiro atoms. The Balaban J connectivity index is 2.29. The third-order valence-corrected chi connectivity index (χ3v) is 2.25. The van der Waals surface area contributed by atoms with E-state index in [1.807, 2.05) is 38.1 Å². The van der Waals surface area contributed by atoms with Crippen molar-refractivity contribution in [2.45, 2.75) is 13.8 Å². The Morgan fingerprint density at radius 1 is 1.33 bits per heavy atom. The number of nitrogens with one attached hydrogen (secondary N) is 1. The number of allylic oxidation sites excluding steroid dienone is 1. The average molecular weight is 242 g/mol. The third kappa shape index (κ3) is 2.82. The van der Waals surface area contributed by atoms with Gasteiger partial charge in [-0.2, -0.15) is 0 Å². The van der Waals surface area contributed by atoms with Crippen molar-refractivity contribution in [2.75, 3.05) is 5.32 Å². The summed E-state index contributed by atoms with van der Waals surface area (Å²) in [6.45, 7) is 3.76. The fraction of sp³-hybridized carbons (Fsp3) is 0.154. The number of nitrogens with zero attached hydrogens (tertiary/aromatic N) is 3. The van der Waals surface area contributed by atoms with Gasteiger partial charge in [-0.05, 0) is 26.0 Å². The molecule has 0 saturated carbocycles. The van der Waals surface area contributed by atoms with Crippen LogP contribution in [0.25, 0.3) is 5.69 Å². The van der Waals surface area contributed by atoms with Crippen molar-refractivity contribution < 1.29 is 4.79 Å². The summed E-state index contributed by atoms with van der Waals surface area (Å²) in [6.07, 6.45) is 4.87. The van der Waals surface area contributed by atoms with Gasteiger partial charge in [0.15, 0.2) is 0 Å². The van der Waals surface area contributed by atoms with Crippen LogP contribution in [-0.4, -0.2) is 20.9 Å². The predicted molar refractivity (Wildman–Crippen MR) is 69.4 cm³/mol. The van der Waals surface area contributed by atoms with Gasteiger partial charge in [-0.15, -0.1) is 5.10 Å². The Morgan fingerprint density at radius 3 is 2.78 bits per heavy atom. The molecule has 5 heteroatoms. The summed E-state index contributed by atoms with van der Waals surface area (Å²) in [5.41, 5.74) is 2.43. The highest BCUT2D eigenvalue weighted by Crippen LogP contribution is 2.18. The maximum Gasteiger partial charge on any atom is 0.248 e. The van der Waals surface area contributed by atoms with E-state index in [0.29, 0.717) is 5.69 Å². The van der Waals surface area contributed by atoms with E-state index < -0.39 is 0 Å². The Labute approximate surface area is 105 Å². The molecule has 0 saturated heterocycles. The van der Waals surface area contributed by atoms with Crippen LogP contribution in [0.5, 0.6) is 0 Å². The van der Waals surface area contributed by atoms with E-state index in [2.05, 4.69) is 15.6 Å². The fourth-order valence-electron chi connectivity index (χ4n) is 1.55. The minimum absolute atomic E-state index is 0.150. The highest BCUT2D eigenvalue weighted by molar-refractivity contribution is 6.00. The summed E-state index contributed by atoms with van der Waals surface area (Å²) >= 11 is 0. The van der Waals surface area contributed by atoms with Crippen LogP contribution < -0.4 is 5.32 Å². The van der Waals surface area contributed by atoms with Gasteiger partial charge in [0, 0.05) is 6.08 Å². The normalized spacial score (nSPS) is 9.89. The number of para-hydroxylation sites is 2. The molecule has 18 heavy (non-hydrogen) atoms. The van der Waals surface area contributed by atoms with Crippen molar-refractivity contribution in [3.63, 3.8) is 0 Å². The lowest BCUT2D eigenvalue weighted by Crippen LogP contribution is -2.11. The van der Waals surface area contributed by atoms with Gasteiger partial charge in [0.1, 0.15) is 0 Å². The number of amides is 1. The molecule has 0 unspecified atom stereocenters. The Bertz CT molecular complexity index is 568. The summed E-state index contributed by atoms with van der Waals surface area (Å²) in [6, 6.07) is 7.44. The second-order valence-corrected chi connectivity index (χ2v) is 4.08. The molecule has 0 fully saturated rings. The molecule has 2 rings (SSSR count). The second kappa shape index (κ2) is 5.27. The summed E-state index contributed by atoms with van der Waals surface area (Å²) in [5.74, 6) is -0.150. The van der Waals surface area contributed by atoms with Crippen LogP contribution in [0.1, 0.15) is 13.8 Å². The van der Waals surface area contributed by atoms with E-state index in [4.69, 9.17) is 0 Å². The summed E-state index contributed by atoms with van der Waals surface area (Å²) in [5, 5.41) is 10.5. The van der Waals surface area contributed by atoms with Crippen LogP contribution in [0.2, 0.25) is 0 Å². The zero-order chi connectivity index (χ0) is 13.0. The molecule has 1 N–H and O–H groups in total. The highest BCUT2D eigenvalue weighted by Gasteiger charge is 2.06. The zero-order valence-electron chi connectivity index (χ0n) is 10.3. The van der Waals surface area contributed by atoms with Crippen molar-refractivity contribution in [2.24, 2.45) is 0 Å². The van der Waals surface area contributed by atoms with E-state index in [1.165, 1.54) is 0 Å². The number of benzene rings is 1. The fourth-order valence-corrected chi connectivity index (χ4v) is 1.55. The largest absolute Gasteiger partial charge is 0.321 e. The molecule has 0 radical (unpaired) electrons. The molecule has 0 bridgehead atoms. The van der Waals surface area contributed by atoms with E-state index >= 15 is 0 Å². The average Bonchev–Trinajstić information content (AvgIpc) is 2.81. The van der Waals surface area contributed by atoms with Gasteiger partial charge in [0.25, 0.3) is 0 Å². The zero-order valence-corrected chi connectivity index (χ0v) is 10.3. The van der Waals surface area contributed by atoms with Gasteiger partial charge in [-0.3, -0.25) is 4.79 Å². The lowest BCUT2D eigenvalue weighted by molar-refractivity contribution is -0.111. The molecule has 0 aliphatic carbocycles. The molecule has 2 aromatic rings. The molecule has 1 aromatic carbocycles. The van der Waals surface area contributed by atoms with E-state index in [9.17, 15) is 4.79 Å². The van der Waals surface area contributed by atoms with E-state index in [-0.39, 0.29) is 5.91 Å². The molecular weight excluding hydrogens is 228 g/mol. The number of carbonyl (C=O) groups is 1. The molecule has 5 nitrogen and oxygen atoms in total. The lowest BCUT2D eigenvalue weighted by atomic mass is 10.2. The number of hydrogen-bond donors (Lipinski definition) is 1. The maximum absolute atomic E-state index is 11.7. The first-order chi connectivity index (χ1) is 8.66. The number of rotatable bonds is 3. The van der Waals surface area contributed by atoms with Crippen molar-refractivity contribution in [1.29, 1.82) is 0 Å². The first-order valence-corrected chi connectivity index (χ1v) is 5.58. The molecular formula is C13H14N4O. The number of aromatic nitrogens is 3. The standard InChI is InChI=1S/C13H14N4O/c1-10(2)9-13(18)15-11-5-3-4-6-12(11)17-8-7-14-16-17/h3-9H,1-2H3,(H,15,18). The van der Waals surface area contributed by atoms with E-state index in [0.717, 1.165) is 11.3 Å². The van der Waals surface area contributed by atoms with Crippen molar-refractivity contribution >= 4 is 11.6 Å². The first kappa shape index (κ1) is 12.0. The number of hydrogen-bond acceptors (Lipinski definition) is 3. The number of anilines is 1.